The average molecular weight is 389 g/mol. The SMILES string of the molecule is Cn1cc(CNCCCCN2C(=O)c3ccccc3C2=O)c(-c2ccncc2)n1. The molecule has 7 heteroatoms. The van der Waals surface area contributed by atoms with E-state index in [1.165, 1.54) is 4.90 Å². The van der Waals surface area contributed by atoms with E-state index in [-0.39, 0.29) is 11.8 Å². The number of hydrogen-bond acceptors (Lipinski definition) is 5. The van der Waals surface area contributed by atoms with Gasteiger partial charge in [0, 0.05) is 49.9 Å². The Kier molecular flexibility index (Phi) is 5.48. The average Bonchev–Trinajstić information content (AvgIpc) is 3.23. The fourth-order valence-electron chi connectivity index (χ4n) is 3.60. The zero-order chi connectivity index (χ0) is 20.2. The monoisotopic (exact) mass is 389 g/mol. The summed E-state index contributed by atoms with van der Waals surface area (Å²) in [6.07, 6.45) is 7.18. The van der Waals surface area contributed by atoms with Gasteiger partial charge in [0.2, 0.25) is 0 Å². The lowest BCUT2D eigenvalue weighted by Crippen LogP contribution is -2.31. The number of nitrogens with zero attached hydrogens (tertiary/aromatic N) is 4. The van der Waals surface area contributed by atoms with Crippen LogP contribution in [0.1, 0.15) is 39.1 Å². The molecule has 4 rings (SSSR count). The smallest absolute Gasteiger partial charge is 0.261 e. The molecular formula is C22H23N5O2. The van der Waals surface area contributed by atoms with Gasteiger partial charge in [0.15, 0.2) is 0 Å². The summed E-state index contributed by atoms with van der Waals surface area (Å²) in [7, 11) is 1.91. The quantitative estimate of drug-likeness (QED) is 0.473. The topological polar surface area (TPSA) is 80.1 Å². The molecule has 0 spiro atoms. The van der Waals surface area contributed by atoms with Gasteiger partial charge in [-0.05, 0) is 43.7 Å². The molecule has 0 saturated heterocycles. The summed E-state index contributed by atoms with van der Waals surface area (Å²) in [4.78, 5) is 30.1. The van der Waals surface area contributed by atoms with Crippen LogP contribution in [0.25, 0.3) is 11.3 Å². The number of unbranched alkanes of at least 4 members (excludes halogenated alkanes) is 1. The Hall–Kier alpha value is -3.32. The van der Waals surface area contributed by atoms with Gasteiger partial charge in [-0.1, -0.05) is 12.1 Å². The summed E-state index contributed by atoms with van der Waals surface area (Å²) >= 11 is 0. The van der Waals surface area contributed by atoms with Crippen LogP contribution in [0.4, 0.5) is 0 Å². The van der Waals surface area contributed by atoms with E-state index in [4.69, 9.17) is 0 Å². The van der Waals surface area contributed by atoms with Gasteiger partial charge < -0.3 is 5.32 Å². The minimum atomic E-state index is -0.184. The van der Waals surface area contributed by atoms with Crippen LogP contribution in [0.5, 0.6) is 0 Å². The maximum Gasteiger partial charge on any atom is 0.261 e. The maximum atomic E-state index is 12.4. The van der Waals surface area contributed by atoms with Crippen LogP contribution in [-0.4, -0.2) is 44.6 Å². The fraction of sp³-hybridized carbons (Fsp3) is 0.273. The summed E-state index contributed by atoms with van der Waals surface area (Å²) in [5.41, 5.74) is 4.14. The largest absolute Gasteiger partial charge is 0.313 e. The van der Waals surface area contributed by atoms with Gasteiger partial charge in [-0.2, -0.15) is 5.10 Å². The number of aromatic nitrogens is 3. The highest BCUT2D eigenvalue weighted by Crippen LogP contribution is 2.23. The normalized spacial score (nSPS) is 13.2. The van der Waals surface area contributed by atoms with Crippen molar-refractivity contribution in [3.05, 3.63) is 71.7 Å². The molecule has 1 aromatic carbocycles. The first-order valence-electron chi connectivity index (χ1n) is 9.74. The second-order valence-electron chi connectivity index (χ2n) is 7.10. The predicted molar refractivity (Wildman–Crippen MR) is 109 cm³/mol. The number of imide groups is 1. The molecule has 0 aliphatic carbocycles. The van der Waals surface area contributed by atoms with Crippen LogP contribution in [0, 0.1) is 0 Å². The zero-order valence-corrected chi connectivity index (χ0v) is 16.3. The summed E-state index contributed by atoms with van der Waals surface area (Å²) in [6, 6.07) is 10.9. The lowest BCUT2D eigenvalue weighted by molar-refractivity contribution is 0.0651. The highest BCUT2D eigenvalue weighted by atomic mass is 16.2. The summed E-state index contributed by atoms with van der Waals surface area (Å²) < 4.78 is 1.81. The number of aryl methyl sites for hydroxylation is 1. The number of pyridine rings is 1. The molecular weight excluding hydrogens is 366 g/mol. The molecule has 148 valence electrons. The first-order valence-corrected chi connectivity index (χ1v) is 9.74. The van der Waals surface area contributed by atoms with Crippen molar-refractivity contribution >= 4 is 11.8 Å². The Labute approximate surface area is 169 Å². The third-order valence-electron chi connectivity index (χ3n) is 5.04. The van der Waals surface area contributed by atoms with E-state index in [9.17, 15) is 9.59 Å². The van der Waals surface area contributed by atoms with Crippen LogP contribution >= 0.6 is 0 Å². The molecule has 29 heavy (non-hydrogen) atoms. The number of nitrogens with one attached hydrogen (secondary N) is 1. The van der Waals surface area contributed by atoms with Gasteiger partial charge in [0.25, 0.3) is 11.8 Å². The summed E-state index contributed by atoms with van der Waals surface area (Å²) in [6.45, 7) is 1.95. The van der Waals surface area contributed by atoms with Crippen molar-refractivity contribution in [3.63, 3.8) is 0 Å². The van der Waals surface area contributed by atoms with Gasteiger partial charge in [0.1, 0.15) is 0 Å². The second-order valence-corrected chi connectivity index (χ2v) is 7.10. The lowest BCUT2D eigenvalue weighted by atomic mass is 10.1. The molecule has 0 unspecified atom stereocenters. The maximum absolute atomic E-state index is 12.4. The van der Waals surface area contributed by atoms with Gasteiger partial charge >= 0.3 is 0 Å². The fourth-order valence-corrected chi connectivity index (χ4v) is 3.60. The lowest BCUT2D eigenvalue weighted by Gasteiger charge is -2.13. The number of amides is 2. The third kappa shape index (κ3) is 3.95. The summed E-state index contributed by atoms with van der Waals surface area (Å²) in [5.74, 6) is -0.369. The third-order valence-corrected chi connectivity index (χ3v) is 5.04. The highest BCUT2D eigenvalue weighted by Gasteiger charge is 2.34. The van der Waals surface area contributed by atoms with E-state index < -0.39 is 0 Å². The molecule has 7 nitrogen and oxygen atoms in total. The molecule has 0 radical (unpaired) electrons. The Morgan fingerprint density at radius 2 is 1.66 bits per heavy atom. The minimum Gasteiger partial charge on any atom is -0.313 e. The van der Waals surface area contributed by atoms with Crippen molar-refractivity contribution in [2.75, 3.05) is 13.1 Å². The Bertz CT molecular complexity index is 994. The number of rotatable bonds is 8. The standard InChI is InChI=1S/C22H23N5O2/c1-26-15-17(20(25-26)16-8-11-23-12-9-16)14-24-10-4-5-13-27-21(28)18-6-2-3-7-19(18)22(27)29/h2-3,6-9,11-12,15,24H,4-5,10,13-14H2,1H3. The van der Waals surface area contributed by atoms with Crippen LogP contribution < -0.4 is 5.32 Å². The molecule has 1 N–H and O–H groups in total. The molecule has 2 amide bonds. The molecule has 0 atom stereocenters. The number of carbonyl (C=O) groups excluding carboxylic acids is 2. The molecule has 3 aromatic rings. The summed E-state index contributed by atoms with van der Waals surface area (Å²) in [5, 5.41) is 7.98. The minimum absolute atomic E-state index is 0.184. The molecule has 0 fully saturated rings. The first kappa shape index (κ1) is 19.0. The molecule has 2 aromatic heterocycles. The van der Waals surface area contributed by atoms with Crippen LogP contribution in [0.2, 0.25) is 0 Å². The van der Waals surface area contributed by atoms with E-state index in [0.29, 0.717) is 24.2 Å². The predicted octanol–water partition coefficient (Wildman–Crippen LogP) is 2.65. The van der Waals surface area contributed by atoms with Crippen molar-refractivity contribution in [1.29, 1.82) is 0 Å². The van der Waals surface area contributed by atoms with E-state index in [2.05, 4.69) is 15.4 Å². The van der Waals surface area contributed by atoms with E-state index in [1.807, 2.05) is 30.1 Å². The van der Waals surface area contributed by atoms with E-state index >= 15 is 0 Å². The Balaban J connectivity index is 1.25. The Morgan fingerprint density at radius 1 is 0.966 bits per heavy atom. The van der Waals surface area contributed by atoms with Crippen molar-refractivity contribution in [3.8, 4) is 11.3 Å². The zero-order valence-electron chi connectivity index (χ0n) is 16.3. The van der Waals surface area contributed by atoms with Gasteiger partial charge in [-0.25, -0.2) is 0 Å². The van der Waals surface area contributed by atoms with Crippen molar-refractivity contribution < 1.29 is 9.59 Å². The van der Waals surface area contributed by atoms with Gasteiger partial charge in [-0.3, -0.25) is 24.2 Å². The van der Waals surface area contributed by atoms with Crippen molar-refractivity contribution in [2.45, 2.75) is 19.4 Å². The van der Waals surface area contributed by atoms with Gasteiger partial charge in [0.05, 0.1) is 16.8 Å². The Morgan fingerprint density at radius 3 is 2.34 bits per heavy atom. The van der Waals surface area contributed by atoms with E-state index in [0.717, 1.165) is 36.2 Å². The molecule has 0 bridgehead atoms. The molecule has 0 saturated carbocycles. The van der Waals surface area contributed by atoms with E-state index in [1.54, 1.807) is 36.7 Å². The number of fused-ring (bicyclic) bond motifs is 1. The molecule has 1 aliphatic heterocycles. The van der Waals surface area contributed by atoms with Crippen molar-refractivity contribution in [2.24, 2.45) is 7.05 Å². The number of hydrogen-bond donors (Lipinski definition) is 1. The highest BCUT2D eigenvalue weighted by molar-refractivity contribution is 6.21. The first-order chi connectivity index (χ1) is 14.1. The van der Waals surface area contributed by atoms with Crippen molar-refractivity contribution in [1.82, 2.24) is 25.0 Å². The number of benzene rings is 1. The van der Waals surface area contributed by atoms with Crippen LogP contribution in [-0.2, 0) is 13.6 Å². The van der Waals surface area contributed by atoms with Crippen LogP contribution in [0.3, 0.4) is 0 Å². The van der Waals surface area contributed by atoms with Crippen LogP contribution in [0.15, 0.2) is 55.0 Å². The molecule has 3 heterocycles. The second kappa shape index (κ2) is 8.36. The van der Waals surface area contributed by atoms with Gasteiger partial charge in [-0.15, -0.1) is 0 Å². The number of carbonyl (C=O) groups is 2. The molecule has 1 aliphatic rings.